The molecule has 0 spiro atoms. The van der Waals surface area contributed by atoms with Crippen LogP contribution in [0.5, 0.6) is 5.75 Å². The second-order valence-electron chi connectivity index (χ2n) is 4.53. The van der Waals surface area contributed by atoms with Gasteiger partial charge in [-0.25, -0.2) is 0 Å². The normalized spacial score (nSPS) is 10.1. The highest BCUT2D eigenvalue weighted by Gasteiger charge is 2.12. The van der Waals surface area contributed by atoms with Gasteiger partial charge in [-0.1, -0.05) is 12.1 Å². The number of ether oxygens (including phenoxy) is 1. The standard InChI is InChI=1S/C16H18N2O2/c1-18(11-9-14-7-3-4-10-17-14)16(19)13-6-5-8-15(12-13)20-2/h3-8,10,12H,9,11H2,1-2H3. The maximum atomic E-state index is 12.3. The Labute approximate surface area is 119 Å². The van der Waals surface area contributed by atoms with Gasteiger partial charge in [-0.05, 0) is 30.3 Å². The van der Waals surface area contributed by atoms with Crippen LogP contribution < -0.4 is 4.74 Å². The SMILES string of the molecule is COc1cccc(C(=O)N(C)CCc2ccccn2)c1. The zero-order chi connectivity index (χ0) is 14.4. The number of methoxy groups -OCH3 is 1. The van der Waals surface area contributed by atoms with Gasteiger partial charge in [-0.3, -0.25) is 9.78 Å². The Morgan fingerprint density at radius 1 is 1.25 bits per heavy atom. The van der Waals surface area contributed by atoms with E-state index in [1.165, 1.54) is 0 Å². The summed E-state index contributed by atoms with van der Waals surface area (Å²) >= 11 is 0. The fraction of sp³-hybridized carbons (Fsp3) is 0.250. The molecule has 4 heteroatoms. The van der Waals surface area contributed by atoms with Crippen LogP contribution in [0, 0.1) is 0 Å². The molecule has 4 nitrogen and oxygen atoms in total. The fourth-order valence-corrected chi connectivity index (χ4v) is 1.91. The molecule has 2 rings (SSSR count). The highest BCUT2D eigenvalue weighted by molar-refractivity contribution is 5.94. The number of amides is 1. The lowest BCUT2D eigenvalue weighted by Crippen LogP contribution is -2.29. The van der Waals surface area contributed by atoms with Crippen LogP contribution in [-0.2, 0) is 6.42 Å². The second kappa shape index (κ2) is 6.70. The third-order valence-electron chi connectivity index (χ3n) is 3.09. The number of rotatable bonds is 5. The van der Waals surface area contributed by atoms with E-state index in [-0.39, 0.29) is 5.91 Å². The van der Waals surface area contributed by atoms with Crippen molar-refractivity contribution in [1.82, 2.24) is 9.88 Å². The van der Waals surface area contributed by atoms with Gasteiger partial charge in [-0.15, -0.1) is 0 Å². The first kappa shape index (κ1) is 14.1. The lowest BCUT2D eigenvalue weighted by atomic mass is 10.2. The van der Waals surface area contributed by atoms with Crippen LogP contribution in [0.15, 0.2) is 48.7 Å². The summed E-state index contributed by atoms with van der Waals surface area (Å²) in [4.78, 5) is 18.2. The summed E-state index contributed by atoms with van der Waals surface area (Å²) < 4.78 is 5.13. The van der Waals surface area contributed by atoms with Gasteiger partial charge in [0, 0.05) is 37.5 Å². The van der Waals surface area contributed by atoms with Crippen molar-refractivity contribution in [3.8, 4) is 5.75 Å². The number of nitrogens with zero attached hydrogens (tertiary/aromatic N) is 2. The molecule has 0 fully saturated rings. The molecule has 0 bridgehead atoms. The number of hydrogen-bond acceptors (Lipinski definition) is 3. The lowest BCUT2D eigenvalue weighted by Gasteiger charge is -2.17. The van der Waals surface area contributed by atoms with E-state index in [9.17, 15) is 4.79 Å². The van der Waals surface area contributed by atoms with E-state index in [0.717, 1.165) is 12.1 Å². The zero-order valence-electron chi connectivity index (χ0n) is 11.7. The molecule has 0 radical (unpaired) electrons. The second-order valence-corrected chi connectivity index (χ2v) is 4.53. The molecule has 0 aliphatic rings. The summed E-state index contributed by atoms with van der Waals surface area (Å²) in [7, 11) is 3.39. The summed E-state index contributed by atoms with van der Waals surface area (Å²) in [5.41, 5.74) is 1.62. The molecule has 20 heavy (non-hydrogen) atoms. The molecule has 0 aliphatic carbocycles. The Bertz CT molecular complexity index is 570. The van der Waals surface area contributed by atoms with Gasteiger partial charge in [-0.2, -0.15) is 0 Å². The third-order valence-corrected chi connectivity index (χ3v) is 3.09. The number of hydrogen-bond donors (Lipinski definition) is 0. The zero-order valence-corrected chi connectivity index (χ0v) is 11.7. The van der Waals surface area contributed by atoms with E-state index >= 15 is 0 Å². The maximum absolute atomic E-state index is 12.3. The fourth-order valence-electron chi connectivity index (χ4n) is 1.91. The monoisotopic (exact) mass is 270 g/mol. The van der Waals surface area contributed by atoms with Crippen molar-refractivity contribution in [2.24, 2.45) is 0 Å². The van der Waals surface area contributed by atoms with Crippen LogP contribution in [0.4, 0.5) is 0 Å². The van der Waals surface area contributed by atoms with E-state index in [1.807, 2.05) is 30.3 Å². The smallest absolute Gasteiger partial charge is 0.253 e. The minimum atomic E-state index is -0.0140. The Kier molecular flexibility index (Phi) is 4.71. The number of carbonyl (C=O) groups is 1. The Hall–Kier alpha value is -2.36. The summed E-state index contributed by atoms with van der Waals surface area (Å²) in [5.74, 6) is 0.675. The van der Waals surface area contributed by atoms with Crippen molar-refractivity contribution in [3.63, 3.8) is 0 Å². The van der Waals surface area contributed by atoms with E-state index in [4.69, 9.17) is 4.74 Å². The van der Waals surface area contributed by atoms with Crippen LogP contribution in [0.25, 0.3) is 0 Å². The maximum Gasteiger partial charge on any atom is 0.253 e. The number of aromatic nitrogens is 1. The first-order valence-electron chi connectivity index (χ1n) is 6.50. The molecule has 0 atom stereocenters. The summed E-state index contributed by atoms with van der Waals surface area (Å²) in [6.45, 7) is 0.632. The quantitative estimate of drug-likeness (QED) is 0.838. The van der Waals surface area contributed by atoms with E-state index in [1.54, 1.807) is 37.4 Å². The highest BCUT2D eigenvalue weighted by atomic mass is 16.5. The van der Waals surface area contributed by atoms with Gasteiger partial charge in [0.15, 0.2) is 0 Å². The molecule has 2 aromatic rings. The molecule has 1 amide bonds. The average Bonchev–Trinajstić information content (AvgIpc) is 2.53. The molecule has 0 N–H and O–H groups in total. The van der Waals surface area contributed by atoms with Gasteiger partial charge in [0.25, 0.3) is 5.91 Å². The molecule has 0 unspecified atom stereocenters. The molecule has 1 aromatic carbocycles. The highest BCUT2D eigenvalue weighted by Crippen LogP contribution is 2.14. The van der Waals surface area contributed by atoms with Gasteiger partial charge < -0.3 is 9.64 Å². The van der Waals surface area contributed by atoms with Crippen LogP contribution >= 0.6 is 0 Å². The molecule has 1 aromatic heterocycles. The van der Waals surface area contributed by atoms with Gasteiger partial charge in [0.2, 0.25) is 0 Å². The van der Waals surface area contributed by atoms with E-state index in [0.29, 0.717) is 17.9 Å². The van der Waals surface area contributed by atoms with Crippen molar-refractivity contribution in [2.45, 2.75) is 6.42 Å². The van der Waals surface area contributed by atoms with Crippen molar-refractivity contribution < 1.29 is 9.53 Å². The van der Waals surface area contributed by atoms with E-state index in [2.05, 4.69) is 4.98 Å². The van der Waals surface area contributed by atoms with Crippen molar-refractivity contribution >= 4 is 5.91 Å². The van der Waals surface area contributed by atoms with Crippen LogP contribution in [-0.4, -0.2) is 36.5 Å². The minimum Gasteiger partial charge on any atom is -0.497 e. The first-order valence-corrected chi connectivity index (χ1v) is 6.50. The molecule has 0 aliphatic heterocycles. The largest absolute Gasteiger partial charge is 0.497 e. The number of likely N-dealkylation sites (N-methyl/N-ethyl adjacent to an activating group) is 1. The van der Waals surface area contributed by atoms with Crippen LogP contribution in [0.2, 0.25) is 0 Å². The number of pyridine rings is 1. The molecule has 0 saturated carbocycles. The Morgan fingerprint density at radius 2 is 2.10 bits per heavy atom. The van der Waals surface area contributed by atoms with Crippen LogP contribution in [0.3, 0.4) is 0 Å². The van der Waals surface area contributed by atoms with Gasteiger partial charge in [0.1, 0.15) is 5.75 Å². The van der Waals surface area contributed by atoms with E-state index < -0.39 is 0 Å². The predicted octanol–water partition coefficient (Wildman–Crippen LogP) is 2.40. The first-order chi connectivity index (χ1) is 9.70. The minimum absolute atomic E-state index is 0.0140. The molecular formula is C16H18N2O2. The molecular weight excluding hydrogens is 252 g/mol. The van der Waals surface area contributed by atoms with Crippen molar-refractivity contribution in [3.05, 3.63) is 59.9 Å². The van der Waals surface area contributed by atoms with Gasteiger partial charge in [0.05, 0.1) is 7.11 Å². The molecule has 104 valence electrons. The molecule has 0 saturated heterocycles. The van der Waals surface area contributed by atoms with Crippen molar-refractivity contribution in [1.29, 1.82) is 0 Å². The number of carbonyl (C=O) groups excluding carboxylic acids is 1. The van der Waals surface area contributed by atoms with Crippen molar-refractivity contribution in [2.75, 3.05) is 20.7 Å². The molecule has 1 heterocycles. The summed E-state index contributed by atoms with van der Waals surface area (Å²) in [6.07, 6.45) is 2.51. The van der Waals surface area contributed by atoms with Crippen LogP contribution in [0.1, 0.15) is 16.1 Å². The average molecular weight is 270 g/mol. The Morgan fingerprint density at radius 3 is 2.80 bits per heavy atom. The summed E-state index contributed by atoms with van der Waals surface area (Å²) in [5, 5.41) is 0. The topological polar surface area (TPSA) is 42.4 Å². The number of benzene rings is 1. The predicted molar refractivity (Wildman–Crippen MR) is 77.9 cm³/mol. The Balaban J connectivity index is 1.98. The lowest BCUT2D eigenvalue weighted by molar-refractivity contribution is 0.0796. The van der Waals surface area contributed by atoms with Gasteiger partial charge >= 0.3 is 0 Å². The summed E-state index contributed by atoms with van der Waals surface area (Å²) in [6, 6.07) is 13.0. The third kappa shape index (κ3) is 3.57.